The third-order valence-corrected chi connectivity index (χ3v) is 3.45. The molecule has 0 radical (unpaired) electrons. The number of aromatic nitrogens is 1. The van der Waals surface area contributed by atoms with Crippen molar-refractivity contribution >= 4 is 33.2 Å². The molecule has 1 N–H and O–H groups in total. The first-order chi connectivity index (χ1) is 8.69. The Hall–Kier alpha value is -1.06. The van der Waals surface area contributed by atoms with Crippen LogP contribution in [0.15, 0.2) is 41.0 Å². The Morgan fingerprint density at radius 1 is 1.22 bits per heavy atom. The predicted molar refractivity (Wildman–Crippen MR) is 80.1 cm³/mol. The van der Waals surface area contributed by atoms with Crippen molar-refractivity contribution in [1.82, 2.24) is 4.98 Å². The summed E-state index contributed by atoms with van der Waals surface area (Å²) in [5, 5.41) is 3.77. The fourth-order valence-corrected chi connectivity index (χ4v) is 2.14. The van der Waals surface area contributed by atoms with E-state index < -0.39 is 0 Å². The fraction of sp³-hybridized carbons (Fsp3) is 0.214. The number of pyridine rings is 1. The summed E-state index contributed by atoms with van der Waals surface area (Å²) in [5.41, 5.74) is 3.41. The highest BCUT2D eigenvalue weighted by Gasteiger charge is 2.02. The largest absolute Gasteiger partial charge is 0.378 e. The minimum absolute atomic E-state index is 0.489. The van der Waals surface area contributed by atoms with E-state index >= 15 is 0 Å². The molecule has 0 aliphatic heterocycles. The zero-order chi connectivity index (χ0) is 13.0. The van der Waals surface area contributed by atoms with Crippen LogP contribution in [0.1, 0.15) is 18.1 Å². The van der Waals surface area contributed by atoms with Gasteiger partial charge in [-0.05, 0) is 39.5 Å². The van der Waals surface area contributed by atoms with Gasteiger partial charge in [0, 0.05) is 17.2 Å². The van der Waals surface area contributed by atoms with E-state index in [0.717, 1.165) is 23.1 Å². The summed E-state index contributed by atoms with van der Waals surface area (Å²) in [6.45, 7) is 2.89. The van der Waals surface area contributed by atoms with Gasteiger partial charge in [-0.25, -0.2) is 4.98 Å². The summed E-state index contributed by atoms with van der Waals surface area (Å²) in [7, 11) is 0. The van der Waals surface area contributed by atoms with E-state index in [1.54, 1.807) is 6.20 Å². The molecule has 2 nitrogen and oxygen atoms in total. The summed E-state index contributed by atoms with van der Waals surface area (Å²) in [6.07, 6.45) is 2.75. The second kappa shape index (κ2) is 6.21. The van der Waals surface area contributed by atoms with Crippen LogP contribution >= 0.6 is 27.5 Å². The van der Waals surface area contributed by atoms with E-state index in [2.05, 4.69) is 57.4 Å². The number of hydrogen-bond acceptors (Lipinski definition) is 2. The maximum atomic E-state index is 6.02. The molecule has 4 heteroatoms. The predicted octanol–water partition coefficient (Wildman–Crippen LogP) is 4.67. The lowest BCUT2D eigenvalue weighted by Crippen LogP contribution is -2.00. The summed E-state index contributed by atoms with van der Waals surface area (Å²) >= 11 is 9.40. The van der Waals surface area contributed by atoms with Crippen LogP contribution in [-0.4, -0.2) is 4.98 Å². The molecular weight excluding hydrogens is 312 g/mol. The monoisotopic (exact) mass is 324 g/mol. The maximum absolute atomic E-state index is 6.02. The van der Waals surface area contributed by atoms with Crippen molar-refractivity contribution in [3.8, 4) is 0 Å². The van der Waals surface area contributed by atoms with E-state index in [4.69, 9.17) is 11.6 Å². The van der Waals surface area contributed by atoms with Gasteiger partial charge in [0.1, 0.15) is 0 Å². The van der Waals surface area contributed by atoms with Crippen molar-refractivity contribution in [3.05, 3.63) is 57.3 Å². The van der Waals surface area contributed by atoms with Crippen molar-refractivity contribution in [1.29, 1.82) is 0 Å². The van der Waals surface area contributed by atoms with Crippen molar-refractivity contribution in [2.75, 3.05) is 5.32 Å². The van der Waals surface area contributed by atoms with Crippen molar-refractivity contribution in [3.63, 3.8) is 0 Å². The average Bonchev–Trinajstić information content (AvgIpc) is 2.40. The first-order valence-corrected chi connectivity index (χ1v) is 6.99. The zero-order valence-corrected chi connectivity index (χ0v) is 12.4. The number of rotatable bonds is 4. The zero-order valence-electron chi connectivity index (χ0n) is 10.1. The van der Waals surface area contributed by atoms with E-state index in [-0.39, 0.29) is 0 Å². The highest BCUT2D eigenvalue weighted by molar-refractivity contribution is 9.10. The van der Waals surface area contributed by atoms with E-state index in [0.29, 0.717) is 5.15 Å². The fourth-order valence-electron chi connectivity index (χ4n) is 1.64. The third kappa shape index (κ3) is 3.47. The second-order valence-electron chi connectivity index (χ2n) is 4.02. The smallest absolute Gasteiger partial charge is 0.152 e. The minimum atomic E-state index is 0.489. The lowest BCUT2D eigenvalue weighted by atomic mass is 10.1. The Kier molecular flexibility index (Phi) is 4.61. The van der Waals surface area contributed by atoms with Gasteiger partial charge in [0.15, 0.2) is 5.15 Å². The van der Waals surface area contributed by atoms with Crippen LogP contribution in [0.5, 0.6) is 0 Å². The summed E-state index contributed by atoms with van der Waals surface area (Å²) < 4.78 is 0.913. The molecule has 0 unspecified atom stereocenters. The van der Waals surface area contributed by atoms with Crippen LogP contribution in [0.25, 0.3) is 0 Å². The summed E-state index contributed by atoms with van der Waals surface area (Å²) in [5.74, 6) is 0. The van der Waals surface area contributed by atoms with Crippen LogP contribution < -0.4 is 5.32 Å². The molecule has 2 aromatic rings. The van der Waals surface area contributed by atoms with E-state index in [1.165, 1.54) is 11.1 Å². The molecule has 0 spiro atoms. The Morgan fingerprint density at radius 2 is 1.89 bits per heavy atom. The van der Waals surface area contributed by atoms with Gasteiger partial charge in [0.2, 0.25) is 0 Å². The molecule has 18 heavy (non-hydrogen) atoms. The number of halogens is 2. The topological polar surface area (TPSA) is 24.9 Å². The van der Waals surface area contributed by atoms with Crippen molar-refractivity contribution < 1.29 is 0 Å². The lowest BCUT2D eigenvalue weighted by Gasteiger charge is -2.08. The summed E-state index contributed by atoms with van der Waals surface area (Å²) in [6, 6.07) is 10.5. The molecule has 0 aliphatic carbocycles. The number of benzene rings is 1. The van der Waals surface area contributed by atoms with E-state index in [1.807, 2.05) is 6.07 Å². The molecule has 0 amide bonds. The first kappa shape index (κ1) is 13.4. The molecule has 2 rings (SSSR count). The lowest BCUT2D eigenvalue weighted by molar-refractivity contribution is 1.10. The number of anilines is 1. The molecule has 1 heterocycles. The van der Waals surface area contributed by atoms with Crippen LogP contribution in [0.4, 0.5) is 5.69 Å². The molecular formula is C14H14BrClN2. The SMILES string of the molecule is CCc1ccc(CNc2cc(Br)cnc2Cl)cc1. The third-order valence-electron chi connectivity index (χ3n) is 2.72. The van der Waals surface area contributed by atoms with Crippen LogP contribution in [0.3, 0.4) is 0 Å². The Balaban J connectivity index is 2.04. The normalized spacial score (nSPS) is 10.4. The molecule has 0 saturated heterocycles. The minimum Gasteiger partial charge on any atom is -0.378 e. The maximum Gasteiger partial charge on any atom is 0.152 e. The average molecular weight is 326 g/mol. The molecule has 0 atom stereocenters. The van der Waals surface area contributed by atoms with Crippen LogP contribution in [-0.2, 0) is 13.0 Å². The Labute approximate surface area is 121 Å². The van der Waals surface area contributed by atoms with Gasteiger partial charge >= 0.3 is 0 Å². The molecule has 0 aliphatic rings. The first-order valence-electron chi connectivity index (χ1n) is 5.81. The van der Waals surface area contributed by atoms with Gasteiger partial charge in [0.05, 0.1) is 5.69 Å². The van der Waals surface area contributed by atoms with Gasteiger partial charge in [-0.2, -0.15) is 0 Å². The molecule has 0 saturated carbocycles. The van der Waals surface area contributed by atoms with Crippen LogP contribution in [0.2, 0.25) is 5.15 Å². The number of aryl methyl sites for hydroxylation is 1. The Bertz CT molecular complexity index is 526. The quantitative estimate of drug-likeness (QED) is 0.826. The Morgan fingerprint density at radius 3 is 2.56 bits per heavy atom. The number of hydrogen-bond donors (Lipinski definition) is 1. The molecule has 1 aromatic heterocycles. The van der Waals surface area contributed by atoms with Gasteiger partial charge in [0.25, 0.3) is 0 Å². The van der Waals surface area contributed by atoms with Crippen molar-refractivity contribution in [2.24, 2.45) is 0 Å². The van der Waals surface area contributed by atoms with Crippen molar-refractivity contribution in [2.45, 2.75) is 19.9 Å². The standard InChI is InChI=1S/C14H14BrClN2/c1-2-10-3-5-11(6-4-10)8-17-13-7-12(15)9-18-14(13)16/h3-7,9,17H,2,8H2,1H3. The summed E-state index contributed by atoms with van der Waals surface area (Å²) in [4.78, 5) is 4.07. The van der Waals surface area contributed by atoms with E-state index in [9.17, 15) is 0 Å². The van der Waals surface area contributed by atoms with Gasteiger partial charge in [-0.3, -0.25) is 0 Å². The van der Waals surface area contributed by atoms with Gasteiger partial charge in [-0.15, -0.1) is 0 Å². The molecule has 0 fully saturated rings. The molecule has 1 aromatic carbocycles. The van der Waals surface area contributed by atoms with Crippen LogP contribution in [0, 0.1) is 0 Å². The number of nitrogens with one attached hydrogen (secondary N) is 1. The molecule has 0 bridgehead atoms. The van der Waals surface area contributed by atoms with Gasteiger partial charge in [-0.1, -0.05) is 42.8 Å². The second-order valence-corrected chi connectivity index (χ2v) is 5.29. The number of nitrogens with zero attached hydrogens (tertiary/aromatic N) is 1. The van der Waals surface area contributed by atoms with Gasteiger partial charge < -0.3 is 5.32 Å². The highest BCUT2D eigenvalue weighted by atomic mass is 79.9. The molecule has 94 valence electrons. The highest BCUT2D eigenvalue weighted by Crippen LogP contribution is 2.23.